The maximum absolute atomic E-state index is 11.7. The first-order chi connectivity index (χ1) is 8.06. The third kappa shape index (κ3) is 2.87. The zero-order valence-corrected chi connectivity index (χ0v) is 11.0. The van der Waals surface area contributed by atoms with Crippen LogP contribution in [0.4, 0.5) is 0 Å². The Labute approximate surface area is 104 Å². The molecule has 1 aliphatic carbocycles. The van der Waals surface area contributed by atoms with Gasteiger partial charge < -0.3 is 4.90 Å². The number of rotatable bonds is 2. The molecule has 2 rings (SSSR count). The van der Waals surface area contributed by atoms with Gasteiger partial charge >= 0.3 is 0 Å². The van der Waals surface area contributed by atoms with Crippen molar-refractivity contribution < 1.29 is 4.79 Å². The second kappa shape index (κ2) is 4.91. The highest BCUT2D eigenvalue weighted by Gasteiger charge is 2.15. The van der Waals surface area contributed by atoms with Crippen molar-refractivity contribution in [1.82, 2.24) is 4.90 Å². The van der Waals surface area contributed by atoms with E-state index in [1.165, 1.54) is 30.4 Å². The molecule has 92 valence electrons. The van der Waals surface area contributed by atoms with Crippen molar-refractivity contribution in [3.63, 3.8) is 0 Å². The Kier molecular flexibility index (Phi) is 3.51. The minimum absolute atomic E-state index is 0.175. The van der Waals surface area contributed by atoms with Gasteiger partial charge in [-0.05, 0) is 41.9 Å². The van der Waals surface area contributed by atoms with Gasteiger partial charge in [0.2, 0.25) is 5.91 Å². The lowest BCUT2D eigenvalue weighted by molar-refractivity contribution is -0.127. The van der Waals surface area contributed by atoms with Crippen LogP contribution in [0.15, 0.2) is 18.2 Å². The zero-order chi connectivity index (χ0) is 12.4. The van der Waals surface area contributed by atoms with Crippen LogP contribution >= 0.6 is 0 Å². The fourth-order valence-corrected chi connectivity index (χ4v) is 2.43. The number of fused-ring (bicyclic) bond motifs is 1. The molecule has 1 aromatic rings. The van der Waals surface area contributed by atoms with Crippen LogP contribution in [0.3, 0.4) is 0 Å². The van der Waals surface area contributed by atoms with Gasteiger partial charge in [0.1, 0.15) is 0 Å². The molecule has 0 heterocycles. The summed E-state index contributed by atoms with van der Waals surface area (Å²) in [5.41, 5.74) is 4.08. The first-order valence-corrected chi connectivity index (χ1v) is 6.37. The fraction of sp³-hybridized carbons (Fsp3) is 0.533. The van der Waals surface area contributed by atoms with E-state index in [1.807, 2.05) is 14.1 Å². The summed E-state index contributed by atoms with van der Waals surface area (Å²) in [6.45, 7) is 2.31. The molecule has 1 atom stereocenters. The van der Waals surface area contributed by atoms with Crippen LogP contribution in [0.2, 0.25) is 0 Å². The molecule has 0 aliphatic heterocycles. The maximum Gasteiger partial charge on any atom is 0.226 e. The summed E-state index contributed by atoms with van der Waals surface area (Å²) in [6, 6.07) is 6.55. The first-order valence-electron chi connectivity index (χ1n) is 6.37. The Morgan fingerprint density at radius 3 is 2.82 bits per heavy atom. The molecule has 1 unspecified atom stereocenters. The topological polar surface area (TPSA) is 20.3 Å². The Morgan fingerprint density at radius 2 is 2.12 bits per heavy atom. The van der Waals surface area contributed by atoms with Gasteiger partial charge in [-0.15, -0.1) is 0 Å². The Bertz CT molecular complexity index is 423. The molecule has 1 aliphatic rings. The van der Waals surface area contributed by atoms with Gasteiger partial charge in [0.05, 0.1) is 6.42 Å². The molecule has 1 aromatic carbocycles. The van der Waals surface area contributed by atoms with E-state index in [9.17, 15) is 4.79 Å². The van der Waals surface area contributed by atoms with Crippen LogP contribution < -0.4 is 0 Å². The van der Waals surface area contributed by atoms with Gasteiger partial charge in [0.25, 0.3) is 0 Å². The summed E-state index contributed by atoms with van der Waals surface area (Å²) in [4.78, 5) is 13.3. The van der Waals surface area contributed by atoms with E-state index in [0.717, 1.165) is 11.5 Å². The molecule has 0 saturated carbocycles. The fourth-order valence-electron chi connectivity index (χ4n) is 2.43. The quantitative estimate of drug-likeness (QED) is 0.765. The lowest BCUT2D eigenvalue weighted by Gasteiger charge is -2.22. The van der Waals surface area contributed by atoms with Gasteiger partial charge in [0, 0.05) is 14.1 Å². The number of benzene rings is 1. The average Bonchev–Trinajstić information content (AvgIpc) is 2.29. The Morgan fingerprint density at radius 1 is 1.35 bits per heavy atom. The molecule has 2 nitrogen and oxygen atoms in total. The Balaban J connectivity index is 2.14. The van der Waals surface area contributed by atoms with E-state index in [2.05, 4.69) is 25.1 Å². The number of carbonyl (C=O) groups is 1. The first kappa shape index (κ1) is 12.2. The predicted octanol–water partition coefficient (Wildman–Crippen LogP) is 2.44. The van der Waals surface area contributed by atoms with Gasteiger partial charge in [-0.3, -0.25) is 4.79 Å². The lowest BCUT2D eigenvalue weighted by atomic mass is 9.84. The molecule has 0 N–H and O–H groups in total. The van der Waals surface area contributed by atoms with Crippen LogP contribution in [0.1, 0.15) is 30.0 Å². The van der Waals surface area contributed by atoms with E-state index in [4.69, 9.17) is 0 Å². The summed E-state index contributed by atoms with van der Waals surface area (Å²) in [7, 11) is 3.62. The molecular weight excluding hydrogens is 210 g/mol. The zero-order valence-electron chi connectivity index (χ0n) is 11.0. The van der Waals surface area contributed by atoms with E-state index >= 15 is 0 Å². The van der Waals surface area contributed by atoms with Crippen LogP contribution in [0.25, 0.3) is 0 Å². The molecule has 0 aromatic heterocycles. The second-order valence-electron chi connectivity index (χ2n) is 5.42. The molecule has 2 heteroatoms. The van der Waals surface area contributed by atoms with E-state index in [1.54, 1.807) is 4.90 Å². The molecule has 0 fully saturated rings. The predicted molar refractivity (Wildman–Crippen MR) is 70.0 cm³/mol. The van der Waals surface area contributed by atoms with Crippen molar-refractivity contribution in [3.8, 4) is 0 Å². The third-order valence-electron chi connectivity index (χ3n) is 3.60. The normalized spacial score (nSPS) is 18.6. The van der Waals surface area contributed by atoms with Crippen molar-refractivity contribution >= 4 is 5.91 Å². The molecule has 0 spiro atoms. The van der Waals surface area contributed by atoms with Crippen molar-refractivity contribution in [1.29, 1.82) is 0 Å². The van der Waals surface area contributed by atoms with Crippen molar-refractivity contribution in [2.75, 3.05) is 14.1 Å². The van der Waals surface area contributed by atoms with Gasteiger partial charge in [-0.2, -0.15) is 0 Å². The van der Waals surface area contributed by atoms with Crippen LogP contribution in [0.5, 0.6) is 0 Å². The summed E-state index contributed by atoms with van der Waals surface area (Å²) >= 11 is 0. The van der Waals surface area contributed by atoms with E-state index < -0.39 is 0 Å². The van der Waals surface area contributed by atoms with Crippen molar-refractivity contribution in [3.05, 3.63) is 34.9 Å². The highest BCUT2D eigenvalue weighted by molar-refractivity contribution is 5.78. The average molecular weight is 231 g/mol. The highest BCUT2D eigenvalue weighted by Crippen LogP contribution is 2.26. The largest absolute Gasteiger partial charge is 0.349 e. The molecule has 0 radical (unpaired) electrons. The SMILES string of the molecule is CC1CCc2cc(CC(=O)N(C)C)ccc2C1. The minimum Gasteiger partial charge on any atom is -0.349 e. The maximum atomic E-state index is 11.7. The van der Waals surface area contributed by atoms with Gasteiger partial charge in [-0.1, -0.05) is 25.1 Å². The smallest absolute Gasteiger partial charge is 0.226 e. The number of hydrogen-bond donors (Lipinski definition) is 0. The molecule has 1 amide bonds. The summed E-state index contributed by atoms with van der Waals surface area (Å²) in [5, 5.41) is 0. The summed E-state index contributed by atoms with van der Waals surface area (Å²) in [5.74, 6) is 0.978. The van der Waals surface area contributed by atoms with E-state index in [-0.39, 0.29) is 5.91 Å². The number of aryl methyl sites for hydroxylation is 1. The monoisotopic (exact) mass is 231 g/mol. The second-order valence-corrected chi connectivity index (χ2v) is 5.42. The van der Waals surface area contributed by atoms with Crippen LogP contribution in [-0.4, -0.2) is 24.9 Å². The Hall–Kier alpha value is -1.31. The highest BCUT2D eigenvalue weighted by atomic mass is 16.2. The van der Waals surface area contributed by atoms with Crippen molar-refractivity contribution in [2.24, 2.45) is 5.92 Å². The number of amides is 1. The van der Waals surface area contributed by atoms with E-state index in [0.29, 0.717) is 6.42 Å². The van der Waals surface area contributed by atoms with Crippen molar-refractivity contribution in [2.45, 2.75) is 32.6 Å². The minimum atomic E-state index is 0.175. The summed E-state index contributed by atoms with van der Waals surface area (Å²) < 4.78 is 0. The molecule has 17 heavy (non-hydrogen) atoms. The van der Waals surface area contributed by atoms with Gasteiger partial charge in [0.15, 0.2) is 0 Å². The summed E-state index contributed by atoms with van der Waals surface area (Å²) in [6.07, 6.45) is 4.16. The third-order valence-corrected chi connectivity index (χ3v) is 3.60. The number of hydrogen-bond acceptors (Lipinski definition) is 1. The number of carbonyl (C=O) groups excluding carboxylic acids is 1. The number of nitrogens with zero attached hydrogens (tertiary/aromatic N) is 1. The standard InChI is InChI=1S/C15H21NO/c1-11-4-6-14-9-12(5-7-13(14)8-11)10-15(17)16(2)3/h5,7,9,11H,4,6,8,10H2,1-3H3. The van der Waals surface area contributed by atoms with Crippen LogP contribution in [-0.2, 0) is 24.1 Å². The van der Waals surface area contributed by atoms with Gasteiger partial charge in [-0.25, -0.2) is 0 Å². The molecule has 0 bridgehead atoms. The molecular formula is C15H21NO. The molecule has 0 saturated heterocycles. The number of likely N-dealkylation sites (N-methyl/N-ethyl adjacent to an activating group) is 1. The lowest BCUT2D eigenvalue weighted by Crippen LogP contribution is -2.23. The van der Waals surface area contributed by atoms with Crippen LogP contribution in [0, 0.1) is 5.92 Å².